The normalized spacial score (nSPS) is 15.4. The summed E-state index contributed by atoms with van der Waals surface area (Å²) in [7, 11) is -3.61. The molecule has 0 aromatic heterocycles. The maximum atomic E-state index is 12.3. The average Bonchev–Trinajstić information content (AvgIpc) is 2.79. The van der Waals surface area contributed by atoms with Gasteiger partial charge in [0.15, 0.2) is 0 Å². The minimum absolute atomic E-state index is 0.160. The van der Waals surface area contributed by atoms with E-state index in [1.807, 2.05) is 0 Å². The Balaban J connectivity index is 2.05. The van der Waals surface area contributed by atoms with Crippen LogP contribution in [-0.2, 0) is 10.0 Å². The van der Waals surface area contributed by atoms with Crippen molar-refractivity contribution >= 4 is 27.7 Å². The average molecular weight is 332 g/mol. The fraction of sp³-hybridized carbons (Fsp3) is 0.462. The number of halogens is 1. The minimum Gasteiger partial charge on any atom is -0.336 e. The van der Waals surface area contributed by atoms with Crippen molar-refractivity contribution in [2.45, 2.75) is 18.7 Å². The highest BCUT2D eigenvalue weighted by Crippen LogP contribution is 2.23. The number of benzene rings is 1. The number of aryl methyl sites for hydroxylation is 2. The lowest BCUT2D eigenvalue weighted by Gasteiger charge is -2.15. The number of hydrogen-bond acceptors (Lipinski definition) is 3. The van der Waals surface area contributed by atoms with E-state index in [9.17, 15) is 13.2 Å². The van der Waals surface area contributed by atoms with Gasteiger partial charge >= 0.3 is 6.03 Å². The summed E-state index contributed by atoms with van der Waals surface area (Å²) in [6.45, 7) is 5.18. The predicted molar refractivity (Wildman–Crippen MR) is 81.1 cm³/mol. The van der Waals surface area contributed by atoms with Gasteiger partial charge in [0.1, 0.15) is 0 Å². The van der Waals surface area contributed by atoms with E-state index < -0.39 is 10.0 Å². The Morgan fingerprint density at radius 3 is 2.67 bits per heavy atom. The van der Waals surface area contributed by atoms with Crippen LogP contribution in [-0.4, -0.2) is 45.5 Å². The molecule has 21 heavy (non-hydrogen) atoms. The van der Waals surface area contributed by atoms with Gasteiger partial charge < -0.3 is 10.2 Å². The van der Waals surface area contributed by atoms with Crippen LogP contribution in [0.4, 0.5) is 4.79 Å². The highest BCUT2D eigenvalue weighted by atomic mass is 35.5. The molecular weight excluding hydrogens is 314 g/mol. The highest BCUT2D eigenvalue weighted by Gasteiger charge is 2.21. The summed E-state index contributed by atoms with van der Waals surface area (Å²) >= 11 is 5.98. The van der Waals surface area contributed by atoms with Gasteiger partial charge in [-0.2, -0.15) is 0 Å². The number of urea groups is 1. The molecule has 0 saturated carbocycles. The van der Waals surface area contributed by atoms with Crippen LogP contribution in [0.5, 0.6) is 0 Å². The molecule has 0 radical (unpaired) electrons. The largest absolute Gasteiger partial charge is 0.336 e. The lowest BCUT2D eigenvalue weighted by Crippen LogP contribution is -2.36. The first-order valence-corrected chi connectivity index (χ1v) is 8.46. The molecule has 116 valence electrons. The van der Waals surface area contributed by atoms with Crippen LogP contribution in [0.2, 0.25) is 5.02 Å². The standard InChI is InChI=1S/C13H18ClN3O3S/c1-9-8-12(10(2)7-11(9)14)21(19,20)16-4-6-17-5-3-15-13(17)18/h7-8,16H,3-6H2,1-2H3,(H,15,18). The van der Waals surface area contributed by atoms with Crippen molar-refractivity contribution in [2.24, 2.45) is 0 Å². The molecular formula is C13H18ClN3O3S. The summed E-state index contributed by atoms with van der Waals surface area (Å²) in [5.74, 6) is 0. The molecule has 2 amide bonds. The van der Waals surface area contributed by atoms with Crippen LogP contribution >= 0.6 is 11.6 Å². The molecule has 2 N–H and O–H groups in total. The molecule has 1 aliphatic rings. The van der Waals surface area contributed by atoms with Crippen molar-refractivity contribution in [1.82, 2.24) is 14.9 Å². The Hall–Kier alpha value is -1.31. The number of sulfonamides is 1. The number of hydrogen-bond donors (Lipinski definition) is 2. The van der Waals surface area contributed by atoms with E-state index in [-0.39, 0.29) is 17.5 Å². The topological polar surface area (TPSA) is 78.5 Å². The zero-order chi connectivity index (χ0) is 15.6. The first-order chi connectivity index (χ1) is 9.81. The first-order valence-electron chi connectivity index (χ1n) is 6.60. The Morgan fingerprint density at radius 2 is 2.05 bits per heavy atom. The fourth-order valence-corrected chi connectivity index (χ4v) is 3.71. The second-order valence-electron chi connectivity index (χ2n) is 4.98. The predicted octanol–water partition coefficient (Wildman–Crippen LogP) is 1.26. The monoisotopic (exact) mass is 331 g/mol. The molecule has 2 rings (SSSR count). The molecule has 0 atom stereocenters. The zero-order valence-electron chi connectivity index (χ0n) is 11.9. The van der Waals surface area contributed by atoms with E-state index in [0.29, 0.717) is 35.8 Å². The Bertz CT molecular complexity index is 661. The quantitative estimate of drug-likeness (QED) is 0.852. The van der Waals surface area contributed by atoms with E-state index in [0.717, 1.165) is 0 Å². The maximum Gasteiger partial charge on any atom is 0.317 e. The van der Waals surface area contributed by atoms with E-state index in [1.165, 1.54) is 0 Å². The van der Waals surface area contributed by atoms with Gasteiger partial charge in [0.2, 0.25) is 10.0 Å². The lowest BCUT2D eigenvalue weighted by molar-refractivity contribution is 0.218. The summed E-state index contributed by atoms with van der Waals surface area (Å²) in [5, 5.41) is 3.21. The van der Waals surface area contributed by atoms with Crippen LogP contribution in [0.1, 0.15) is 11.1 Å². The smallest absolute Gasteiger partial charge is 0.317 e. The van der Waals surface area contributed by atoms with Crippen LogP contribution in [0.3, 0.4) is 0 Å². The van der Waals surface area contributed by atoms with Gasteiger partial charge in [-0.3, -0.25) is 0 Å². The molecule has 1 saturated heterocycles. The van der Waals surface area contributed by atoms with Crippen molar-refractivity contribution in [3.05, 3.63) is 28.3 Å². The Labute approximate surface area is 129 Å². The maximum absolute atomic E-state index is 12.3. The SMILES string of the molecule is Cc1cc(S(=O)(=O)NCCN2CCNC2=O)c(C)cc1Cl. The molecule has 0 unspecified atom stereocenters. The number of nitrogens with zero attached hydrogens (tertiary/aromatic N) is 1. The molecule has 6 nitrogen and oxygen atoms in total. The molecule has 0 aliphatic carbocycles. The number of nitrogens with one attached hydrogen (secondary N) is 2. The molecule has 1 aliphatic heterocycles. The summed E-state index contributed by atoms with van der Waals surface area (Å²) in [4.78, 5) is 13.1. The number of carbonyl (C=O) groups excluding carboxylic acids is 1. The molecule has 1 aromatic rings. The fourth-order valence-electron chi connectivity index (χ4n) is 2.16. The summed E-state index contributed by atoms with van der Waals surface area (Å²) in [6, 6.07) is 3.04. The van der Waals surface area contributed by atoms with Gasteiger partial charge in [0.05, 0.1) is 4.90 Å². The van der Waals surface area contributed by atoms with Gasteiger partial charge in [0.25, 0.3) is 0 Å². The second-order valence-corrected chi connectivity index (χ2v) is 7.13. The van der Waals surface area contributed by atoms with Crippen LogP contribution in [0.25, 0.3) is 0 Å². The van der Waals surface area contributed by atoms with Crippen molar-refractivity contribution in [2.75, 3.05) is 26.2 Å². The van der Waals surface area contributed by atoms with Crippen molar-refractivity contribution in [3.8, 4) is 0 Å². The summed E-state index contributed by atoms with van der Waals surface area (Å²) in [5.41, 5.74) is 1.30. The van der Waals surface area contributed by atoms with Crippen LogP contribution in [0.15, 0.2) is 17.0 Å². The van der Waals surface area contributed by atoms with E-state index in [1.54, 1.807) is 30.9 Å². The number of carbonyl (C=O) groups is 1. The van der Waals surface area contributed by atoms with E-state index >= 15 is 0 Å². The molecule has 8 heteroatoms. The lowest BCUT2D eigenvalue weighted by atomic mass is 10.2. The van der Waals surface area contributed by atoms with Crippen molar-refractivity contribution < 1.29 is 13.2 Å². The van der Waals surface area contributed by atoms with Crippen LogP contribution in [0, 0.1) is 13.8 Å². The van der Waals surface area contributed by atoms with Gasteiger partial charge in [-0.1, -0.05) is 11.6 Å². The minimum atomic E-state index is -3.61. The third kappa shape index (κ3) is 3.66. The third-order valence-corrected chi connectivity index (χ3v) is 5.37. The zero-order valence-corrected chi connectivity index (χ0v) is 13.5. The molecule has 0 bridgehead atoms. The van der Waals surface area contributed by atoms with Gasteiger partial charge in [0, 0.05) is 31.2 Å². The van der Waals surface area contributed by atoms with E-state index in [4.69, 9.17) is 11.6 Å². The molecule has 1 aromatic carbocycles. The number of rotatable bonds is 5. The van der Waals surface area contributed by atoms with Gasteiger partial charge in [-0.05, 0) is 37.1 Å². The molecule has 1 fully saturated rings. The highest BCUT2D eigenvalue weighted by molar-refractivity contribution is 7.89. The van der Waals surface area contributed by atoms with Crippen molar-refractivity contribution in [3.63, 3.8) is 0 Å². The first kappa shape index (κ1) is 16.1. The van der Waals surface area contributed by atoms with Crippen LogP contribution < -0.4 is 10.0 Å². The van der Waals surface area contributed by atoms with Crippen molar-refractivity contribution in [1.29, 1.82) is 0 Å². The van der Waals surface area contributed by atoms with E-state index in [2.05, 4.69) is 10.0 Å². The van der Waals surface area contributed by atoms with Gasteiger partial charge in [-0.25, -0.2) is 17.9 Å². The molecule has 0 spiro atoms. The second kappa shape index (κ2) is 6.21. The summed E-state index contributed by atoms with van der Waals surface area (Å²) in [6.07, 6.45) is 0. The number of amides is 2. The summed E-state index contributed by atoms with van der Waals surface area (Å²) < 4.78 is 27.1. The Kier molecular flexibility index (Phi) is 4.75. The molecule has 1 heterocycles. The van der Waals surface area contributed by atoms with Gasteiger partial charge in [-0.15, -0.1) is 0 Å². The third-order valence-electron chi connectivity index (χ3n) is 3.36. The Morgan fingerprint density at radius 1 is 1.33 bits per heavy atom.